The summed E-state index contributed by atoms with van der Waals surface area (Å²) in [6.07, 6.45) is 1.19. The Morgan fingerprint density at radius 1 is 1.14 bits per heavy atom. The molecule has 0 amide bonds. The Bertz CT molecular complexity index is 241. The summed E-state index contributed by atoms with van der Waals surface area (Å²) in [5, 5.41) is 3.59. The lowest BCUT2D eigenvalue weighted by molar-refractivity contribution is 0.413. The van der Waals surface area contributed by atoms with Crippen molar-refractivity contribution in [1.82, 2.24) is 5.32 Å². The van der Waals surface area contributed by atoms with Gasteiger partial charge in [-0.2, -0.15) is 0 Å². The predicted molar refractivity (Wildman–Crippen MR) is 62.3 cm³/mol. The molecule has 0 aliphatic heterocycles. The standard InChI is InChI=1S/C13H21N/c1-4-10-14-13(11(2)3)12-8-6-5-7-9-12/h5-9,11,13-14H,4,10H2,1-3H3/t13-/m1/s1. The highest BCUT2D eigenvalue weighted by molar-refractivity contribution is 5.19. The number of hydrogen-bond acceptors (Lipinski definition) is 1. The van der Waals surface area contributed by atoms with Gasteiger partial charge in [0.2, 0.25) is 0 Å². The first-order chi connectivity index (χ1) is 6.75. The van der Waals surface area contributed by atoms with E-state index < -0.39 is 0 Å². The molecule has 0 aliphatic rings. The molecule has 1 aromatic carbocycles. The molecule has 1 atom stereocenters. The second-order valence-electron chi connectivity index (χ2n) is 4.09. The van der Waals surface area contributed by atoms with Crippen LogP contribution < -0.4 is 5.32 Å². The average molecular weight is 191 g/mol. The van der Waals surface area contributed by atoms with E-state index >= 15 is 0 Å². The number of benzene rings is 1. The van der Waals surface area contributed by atoms with Crippen LogP contribution in [0.5, 0.6) is 0 Å². The van der Waals surface area contributed by atoms with Gasteiger partial charge in [-0.25, -0.2) is 0 Å². The fraction of sp³-hybridized carbons (Fsp3) is 0.538. The Morgan fingerprint density at radius 2 is 1.79 bits per heavy atom. The average Bonchev–Trinajstić information content (AvgIpc) is 2.19. The largest absolute Gasteiger partial charge is 0.310 e. The zero-order valence-corrected chi connectivity index (χ0v) is 9.46. The molecular weight excluding hydrogens is 170 g/mol. The number of nitrogens with one attached hydrogen (secondary N) is 1. The minimum atomic E-state index is 0.496. The van der Waals surface area contributed by atoms with E-state index in [-0.39, 0.29) is 0 Å². The summed E-state index contributed by atoms with van der Waals surface area (Å²) in [7, 11) is 0. The van der Waals surface area contributed by atoms with Gasteiger partial charge in [0.25, 0.3) is 0 Å². The van der Waals surface area contributed by atoms with E-state index in [1.165, 1.54) is 12.0 Å². The molecule has 0 fully saturated rings. The van der Waals surface area contributed by atoms with Crippen molar-refractivity contribution in [2.45, 2.75) is 33.2 Å². The van der Waals surface area contributed by atoms with Gasteiger partial charge in [-0.1, -0.05) is 51.1 Å². The number of hydrogen-bond donors (Lipinski definition) is 1. The second kappa shape index (κ2) is 5.82. The van der Waals surface area contributed by atoms with Crippen molar-refractivity contribution < 1.29 is 0 Å². The molecule has 0 aromatic heterocycles. The molecule has 0 unspecified atom stereocenters. The van der Waals surface area contributed by atoms with E-state index in [0.717, 1.165) is 6.54 Å². The van der Waals surface area contributed by atoms with Crippen molar-refractivity contribution in [2.24, 2.45) is 5.92 Å². The first-order valence-electron chi connectivity index (χ1n) is 5.54. The normalized spacial score (nSPS) is 13.1. The molecule has 1 aromatic rings. The molecule has 0 radical (unpaired) electrons. The maximum atomic E-state index is 3.59. The lowest BCUT2D eigenvalue weighted by atomic mass is 9.96. The van der Waals surface area contributed by atoms with Crippen LogP contribution in [-0.2, 0) is 0 Å². The van der Waals surface area contributed by atoms with E-state index in [0.29, 0.717) is 12.0 Å². The molecule has 1 nitrogen and oxygen atoms in total. The van der Waals surface area contributed by atoms with Crippen molar-refractivity contribution in [3.8, 4) is 0 Å². The van der Waals surface area contributed by atoms with Crippen LogP contribution in [-0.4, -0.2) is 6.54 Å². The molecule has 1 heteroatoms. The summed E-state index contributed by atoms with van der Waals surface area (Å²) in [6.45, 7) is 7.83. The minimum Gasteiger partial charge on any atom is -0.310 e. The topological polar surface area (TPSA) is 12.0 Å². The molecule has 0 heterocycles. The zero-order valence-electron chi connectivity index (χ0n) is 9.46. The maximum absolute atomic E-state index is 3.59. The van der Waals surface area contributed by atoms with Crippen LogP contribution in [0.3, 0.4) is 0 Å². The quantitative estimate of drug-likeness (QED) is 0.752. The maximum Gasteiger partial charge on any atom is 0.0343 e. The van der Waals surface area contributed by atoms with Gasteiger partial charge < -0.3 is 5.32 Å². The monoisotopic (exact) mass is 191 g/mol. The van der Waals surface area contributed by atoms with E-state index in [1.54, 1.807) is 0 Å². The van der Waals surface area contributed by atoms with Crippen molar-refractivity contribution in [1.29, 1.82) is 0 Å². The molecule has 1 N–H and O–H groups in total. The highest BCUT2D eigenvalue weighted by Crippen LogP contribution is 2.20. The van der Waals surface area contributed by atoms with E-state index in [9.17, 15) is 0 Å². The summed E-state index contributed by atoms with van der Waals surface area (Å²) in [6, 6.07) is 11.2. The third kappa shape index (κ3) is 3.15. The Morgan fingerprint density at radius 3 is 2.29 bits per heavy atom. The van der Waals surface area contributed by atoms with Crippen LogP contribution in [0.15, 0.2) is 30.3 Å². The third-order valence-electron chi connectivity index (χ3n) is 2.44. The molecular formula is C13H21N. The van der Waals surface area contributed by atoms with Gasteiger partial charge in [-0.05, 0) is 24.4 Å². The molecule has 0 aliphatic carbocycles. The molecule has 14 heavy (non-hydrogen) atoms. The smallest absolute Gasteiger partial charge is 0.0343 e. The Balaban J connectivity index is 2.68. The fourth-order valence-corrected chi connectivity index (χ4v) is 1.70. The fourth-order valence-electron chi connectivity index (χ4n) is 1.70. The lowest BCUT2D eigenvalue weighted by Gasteiger charge is -2.22. The second-order valence-corrected chi connectivity index (χ2v) is 4.09. The van der Waals surface area contributed by atoms with Gasteiger partial charge in [0.15, 0.2) is 0 Å². The third-order valence-corrected chi connectivity index (χ3v) is 2.44. The molecule has 1 rings (SSSR count). The van der Waals surface area contributed by atoms with Crippen molar-refractivity contribution in [3.05, 3.63) is 35.9 Å². The molecule has 0 spiro atoms. The van der Waals surface area contributed by atoms with Crippen LogP contribution >= 0.6 is 0 Å². The van der Waals surface area contributed by atoms with Crippen molar-refractivity contribution in [3.63, 3.8) is 0 Å². The summed E-state index contributed by atoms with van der Waals surface area (Å²) < 4.78 is 0. The first-order valence-corrected chi connectivity index (χ1v) is 5.54. The van der Waals surface area contributed by atoms with Crippen molar-refractivity contribution >= 4 is 0 Å². The number of rotatable bonds is 5. The highest BCUT2D eigenvalue weighted by atomic mass is 14.9. The van der Waals surface area contributed by atoms with Gasteiger partial charge in [-0.3, -0.25) is 0 Å². The SMILES string of the molecule is CCCN[C@@H](c1ccccc1)C(C)C. The molecule has 0 saturated carbocycles. The van der Waals surface area contributed by atoms with Crippen LogP contribution in [0.1, 0.15) is 38.8 Å². The summed E-state index contributed by atoms with van der Waals surface area (Å²) in [4.78, 5) is 0. The Labute approximate surface area is 87.5 Å². The van der Waals surface area contributed by atoms with E-state index in [4.69, 9.17) is 0 Å². The van der Waals surface area contributed by atoms with Gasteiger partial charge >= 0.3 is 0 Å². The zero-order chi connectivity index (χ0) is 10.4. The van der Waals surface area contributed by atoms with Crippen LogP contribution in [0.4, 0.5) is 0 Å². The van der Waals surface area contributed by atoms with Gasteiger partial charge in [-0.15, -0.1) is 0 Å². The van der Waals surface area contributed by atoms with E-state index in [2.05, 4.69) is 56.4 Å². The van der Waals surface area contributed by atoms with Crippen LogP contribution in [0.2, 0.25) is 0 Å². The van der Waals surface area contributed by atoms with Crippen LogP contribution in [0.25, 0.3) is 0 Å². The summed E-state index contributed by atoms with van der Waals surface area (Å²) in [5.74, 6) is 0.643. The summed E-state index contributed by atoms with van der Waals surface area (Å²) in [5.41, 5.74) is 1.40. The molecule has 78 valence electrons. The van der Waals surface area contributed by atoms with Crippen molar-refractivity contribution in [2.75, 3.05) is 6.54 Å². The molecule has 0 saturated heterocycles. The van der Waals surface area contributed by atoms with Gasteiger partial charge in [0, 0.05) is 6.04 Å². The van der Waals surface area contributed by atoms with E-state index in [1.807, 2.05) is 0 Å². The van der Waals surface area contributed by atoms with Gasteiger partial charge in [0.1, 0.15) is 0 Å². The highest BCUT2D eigenvalue weighted by Gasteiger charge is 2.13. The molecule has 0 bridgehead atoms. The van der Waals surface area contributed by atoms with Gasteiger partial charge in [0.05, 0.1) is 0 Å². The first kappa shape index (κ1) is 11.3. The van der Waals surface area contributed by atoms with Crippen LogP contribution in [0, 0.1) is 5.92 Å². The lowest BCUT2D eigenvalue weighted by Crippen LogP contribution is -2.26. The minimum absolute atomic E-state index is 0.496. The predicted octanol–water partition coefficient (Wildman–Crippen LogP) is 3.38. The Kier molecular flexibility index (Phi) is 4.68. The Hall–Kier alpha value is -0.820. The summed E-state index contributed by atoms with van der Waals surface area (Å²) >= 11 is 0.